The van der Waals surface area contributed by atoms with Crippen LogP contribution in [0, 0.1) is 0 Å². The van der Waals surface area contributed by atoms with E-state index >= 15 is 0 Å². The molecule has 0 amide bonds. The largest absolute Gasteiger partial charge is 0.393 e. The van der Waals surface area contributed by atoms with E-state index < -0.39 is 0 Å². The van der Waals surface area contributed by atoms with E-state index in [1.807, 2.05) is 0 Å². The molecule has 0 aromatic carbocycles. The van der Waals surface area contributed by atoms with Crippen LogP contribution < -0.4 is 0 Å². The first-order chi connectivity index (χ1) is 12.3. The standard InChI is InChI=1S/C22H40O3/c23-21-19-17-15-13-11-9-7-5-3-1-2-4-6-8-10-12-14-16-18-20-22(24)25-21/h1-20H2. The van der Waals surface area contributed by atoms with Crippen LogP contribution in [0.25, 0.3) is 0 Å². The predicted octanol–water partition coefficient (Wildman–Crippen LogP) is 6.87. The van der Waals surface area contributed by atoms with Gasteiger partial charge in [-0.2, -0.15) is 0 Å². The molecule has 0 radical (unpaired) electrons. The first kappa shape index (κ1) is 22.2. The van der Waals surface area contributed by atoms with Gasteiger partial charge in [0.05, 0.1) is 0 Å². The van der Waals surface area contributed by atoms with Crippen LogP contribution in [0.2, 0.25) is 0 Å². The number of carbonyl (C=O) groups excluding carboxylic acids is 2. The van der Waals surface area contributed by atoms with E-state index in [4.69, 9.17) is 4.74 Å². The van der Waals surface area contributed by atoms with Crippen molar-refractivity contribution in [3.8, 4) is 0 Å². The minimum atomic E-state index is -0.330. The molecule has 1 rings (SSSR count). The van der Waals surface area contributed by atoms with Gasteiger partial charge in [0.1, 0.15) is 0 Å². The summed E-state index contributed by atoms with van der Waals surface area (Å²) in [5, 5.41) is 0. The fourth-order valence-electron chi connectivity index (χ4n) is 3.60. The van der Waals surface area contributed by atoms with Gasteiger partial charge in [-0.1, -0.05) is 103 Å². The summed E-state index contributed by atoms with van der Waals surface area (Å²) in [6.07, 6.45) is 23.3. The number of ether oxygens (including phenoxy) is 1. The zero-order valence-corrected chi connectivity index (χ0v) is 16.4. The summed E-state index contributed by atoms with van der Waals surface area (Å²) in [6, 6.07) is 0. The molecule has 1 aliphatic heterocycles. The number of cyclic esters (lactones) is 2. The Kier molecular flexibility index (Phi) is 14.7. The Morgan fingerprint density at radius 2 is 0.560 bits per heavy atom. The lowest BCUT2D eigenvalue weighted by Gasteiger charge is -2.04. The molecule has 0 aromatic rings. The number of carbonyl (C=O) groups is 2. The van der Waals surface area contributed by atoms with Crippen molar-refractivity contribution in [3.63, 3.8) is 0 Å². The van der Waals surface area contributed by atoms with E-state index in [9.17, 15) is 9.59 Å². The average molecular weight is 353 g/mol. The van der Waals surface area contributed by atoms with Crippen LogP contribution in [0.4, 0.5) is 0 Å². The van der Waals surface area contributed by atoms with Crippen molar-refractivity contribution in [1.29, 1.82) is 0 Å². The molecule has 0 aromatic heterocycles. The fraction of sp³-hybridized carbons (Fsp3) is 0.909. The van der Waals surface area contributed by atoms with Crippen molar-refractivity contribution in [2.75, 3.05) is 0 Å². The SMILES string of the molecule is O=C1CCCCCCCCCCCCCCCCCCCCC(=O)O1. The number of hydrogen-bond donors (Lipinski definition) is 0. The van der Waals surface area contributed by atoms with Gasteiger partial charge in [-0.3, -0.25) is 9.59 Å². The second-order valence-corrected chi connectivity index (χ2v) is 7.71. The van der Waals surface area contributed by atoms with Crippen molar-refractivity contribution >= 4 is 11.9 Å². The molecule has 3 heteroatoms. The van der Waals surface area contributed by atoms with Gasteiger partial charge in [0.2, 0.25) is 0 Å². The predicted molar refractivity (Wildman–Crippen MR) is 103 cm³/mol. The molecule has 0 aliphatic carbocycles. The highest BCUT2D eigenvalue weighted by molar-refractivity contribution is 5.85. The highest BCUT2D eigenvalue weighted by atomic mass is 16.6. The van der Waals surface area contributed by atoms with Gasteiger partial charge in [-0.05, 0) is 12.8 Å². The second kappa shape index (κ2) is 16.6. The summed E-state index contributed by atoms with van der Waals surface area (Å²) < 4.78 is 4.90. The molecule has 1 fully saturated rings. The van der Waals surface area contributed by atoms with Crippen LogP contribution in [0.3, 0.4) is 0 Å². The summed E-state index contributed by atoms with van der Waals surface area (Å²) >= 11 is 0. The van der Waals surface area contributed by atoms with Crippen molar-refractivity contribution in [2.24, 2.45) is 0 Å². The molecule has 25 heavy (non-hydrogen) atoms. The maximum atomic E-state index is 11.6. The molecule has 0 bridgehead atoms. The van der Waals surface area contributed by atoms with Crippen molar-refractivity contribution in [1.82, 2.24) is 0 Å². The first-order valence-electron chi connectivity index (χ1n) is 11.0. The summed E-state index contributed by atoms with van der Waals surface area (Å²) in [7, 11) is 0. The van der Waals surface area contributed by atoms with E-state index in [0.717, 1.165) is 25.7 Å². The lowest BCUT2D eigenvalue weighted by molar-refractivity contribution is -0.159. The van der Waals surface area contributed by atoms with Crippen LogP contribution in [0.15, 0.2) is 0 Å². The molecule has 0 N–H and O–H groups in total. The molecule has 0 atom stereocenters. The molecule has 0 saturated carbocycles. The van der Waals surface area contributed by atoms with Crippen LogP contribution in [0.5, 0.6) is 0 Å². The van der Waals surface area contributed by atoms with Crippen molar-refractivity contribution in [2.45, 2.75) is 128 Å². The molecule has 1 aliphatic rings. The summed E-state index contributed by atoms with van der Waals surface area (Å²) in [5.41, 5.74) is 0. The van der Waals surface area contributed by atoms with E-state index in [1.54, 1.807) is 0 Å². The molecular formula is C22H40O3. The number of rotatable bonds is 0. The highest BCUT2D eigenvalue weighted by Crippen LogP contribution is 2.15. The third kappa shape index (κ3) is 15.1. The maximum absolute atomic E-state index is 11.6. The number of hydrogen-bond acceptors (Lipinski definition) is 3. The molecule has 146 valence electrons. The normalized spacial score (nSPS) is 22.9. The van der Waals surface area contributed by atoms with Crippen LogP contribution in [-0.4, -0.2) is 11.9 Å². The number of esters is 2. The van der Waals surface area contributed by atoms with Crippen molar-refractivity contribution in [3.05, 3.63) is 0 Å². The summed E-state index contributed by atoms with van der Waals surface area (Å²) in [4.78, 5) is 23.3. The Morgan fingerprint density at radius 1 is 0.360 bits per heavy atom. The minimum absolute atomic E-state index is 0.330. The van der Waals surface area contributed by atoms with E-state index in [-0.39, 0.29) is 11.9 Å². The smallest absolute Gasteiger partial charge is 0.313 e. The lowest BCUT2D eigenvalue weighted by Crippen LogP contribution is -2.11. The van der Waals surface area contributed by atoms with Crippen LogP contribution in [0.1, 0.15) is 128 Å². The molecule has 1 saturated heterocycles. The molecule has 0 spiro atoms. The maximum Gasteiger partial charge on any atom is 0.313 e. The van der Waals surface area contributed by atoms with Gasteiger partial charge < -0.3 is 4.74 Å². The van der Waals surface area contributed by atoms with E-state index in [2.05, 4.69) is 0 Å². The Balaban J connectivity index is 2.17. The van der Waals surface area contributed by atoms with E-state index in [1.165, 1.54) is 89.9 Å². The van der Waals surface area contributed by atoms with Gasteiger partial charge in [-0.25, -0.2) is 0 Å². The van der Waals surface area contributed by atoms with Gasteiger partial charge in [0.25, 0.3) is 0 Å². The molecule has 3 nitrogen and oxygen atoms in total. The third-order valence-corrected chi connectivity index (χ3v) is 5.24. The van der Waals surface area contributed by atoms with Gasteiger partial charge in [0, 0.05) is 12.8 Å². The monoisotopic (exact) mass is 352 g/mol. The van der Waals surface area contributed by atoms with Gasteiger partial charge >= 0.3 is 11.9 Å². The van der Waals surface area contributed by atoms with Gasteiger partial charge in [0.15, 0.2) is 0 Å². The van der Waals surface area contributed by atoms with Gasteiger partial charge in [-0.15, -0.1) is 0 Å². The second-order valence-electron chi connectivity index (χ2n) is 7.71. The Morgan fingerprint density at radius 3 is 0.800 bits per heavy atom. The van der Waals surface area contributed by atoms with Crippen LogP contribution in [-0.2, 0) is 14.3 Å². The Labute approximate surface area is 155 Å². The van der Waals surface area contributed by atoms with E-state index in [0.29, 0.717) is 12.8 Å². The Hall–Kier alpha value is -0.860. The summed E-state index contributed by atoms with van der Waals surface area (Å²) in [6.45, 7) is 0. The Bertz CT molecular complexity index is 306. The average Bonchev–Trinajstić information content (AvgIpc) is 2.59. The zero-order valence-electron chi connectivity index (χ0n) is 16.4. The molecular weight excluding hydrogens is 312 g/mol. The quantitative estimate of drug-likeness (QED) is 0.353. The molecule has 1 heterocycles. The molecule has 0 unspecified atom stereocenters. The third-order valence-electron chi connectivity index (χ3n) is 5.24. The van der Waals surface area contributed by atoms with Crippen LogP contribution >= 0.6 is 0 Å². The zero-order chi connectivity index (χ0) is 18.0. The first-order valence-corrected chi connectivity index (χ1v) is 11.0. The van der Waals surface area contributed by atoms with Crippen molar-refractivity contribution < 1.29 is 14.3 Å². The summed E-state index contributed by atoms with van der Waals surface area (Å²) in [5.74, 6) is -0.660. The fourth-order valence-corrected chi connectivity index (χ4v) is 3.60. The highest BCUT2D eigenvalue weighted by Gasteiger charge is 2.09. The lowest BCUT2D eigenvalue weighted by atomic mass is 10.0. The minimum Gasteiger partial charge on any atom is -0.393 e. The topological polar surface area (TPSA) is 43.4 Å².